The molecule has 1 aliphatic rings. The molecule has 1 N–H and O–H groups in total. The van der Waals surface area contributed by atoms with Gasteiger partial charge in [0.25, 0.3) is 0 Å². The summed E-state index contributed by atoms with van der Waals surface area (Å²) in [4.78, 5) is 2.64. The van der Waals surface area contributed by atoms with Gasteiger partial charge >= 0.3 is 0 Å². The summed E-state index contributed by atoms with van der Waals surface area (Å²) in [5.74, 6) is 0.939. The maximum Gasteiger partial charge on any atom is 0.0340 e. The Balaban J connectivity index is 1.74. The van der Waals surface area contributed by atoms with Crippen LogP contribution in [-0.4, -0.2) is 30.6 Å². The molecule has 2 rings (SSSR count). The molecule has 0 aromatic heterocycles. The van der Waals surface area contributed by atoms with E-state index in [1.807, 2.05) is 0 Å². The lowest BCUT2D eigenvalue weighted by molar-refractivity contribution is 0.256. The summed E-state index contributed by atoms with van der Waals surface area (Å²) < 4.78 is 0. The minimum absolute atomic E-state index is 0.632. The average molecular weight is 246 g/mol. The van der Waals surface area contributed by atoms with Crippen LogP contribution >= 0.6 is 0 Å². The Morgan fingerprint density at radius 2 is 2.11 bits per heavy atom. The maximum absolute atomic E-state index is 3.53. The summed E-state index contributed by atoms with van der Waals surface area (Å²) in [5.41, 5.74) is 1.23. The van der Waals surface area contributed by atoms with Gasteiger partial charge < -0.3 is 5.32 Å². The van der Waals surface area contributed by atoms with E-state index in [1.165, 1.54) is 38.0 Å². The van der Waals surface area contributed by atoms with Gasteiger partial charge in [-0.3, -0.25) is 4.90 Å². The minimum Gasteiger partial charge on any atom is -0.383 e. The average Bonchev–Trinajstić information content (AvgIpc) is 2.86. The van der Waals surface area contributed by atoms with Crippen molar-refractivity contribution < 1.29 is 0 Å². The number of para-hydroxylation sites is 1. The normalized spacial score (nSPS) is 22.0. The van der Waals surface area contributed by atoms with Crippen molar-refractivity contribution in [2.75, 3.05) is 25.0 Å². The molecular weight excluding hydrogens is 220 g/mol. The second-order valence-corrected chi connectivity index (χ2v) is 5.53. The summed E-state index contributed by atoms with van der Waals surface area (Å²) in [6, 6.07) is 11.1. The molecular formula is C16H26N2. The highest BCUT2D eigenvalue weighted by Gasteiger charge is 2.24. The van der Waals surface area contributed by atoms with E-state index in [4.69, 9.17) is 0 Å². The van der Waals surface area contributed by atoms with Gasteiger partial charge in [-0.1, -0.05) is 31.5 Å². The van der Waals surface area contributed by atoms with Crippen LogP contribution in [-0.2, 0) is 0 Å². The third-order valence-corrected chi connectivity index (χ3v) is 4.01. The Kier molecular flexibility index (Phi) is 5.06. The number of benzene rings is 1. The van der Waals surface area contributed by atoms with Crippen LogP contribution in [0.3, 0.4) is 0 Å². The highest BCUT2D eigenvalue weighted by molar-refractivity contribution is 5.42. The van der Waals surface area contributed by atoms with Crippen molar-refractivity contribution in [1.29, 1.82) is 0 Å². The minimum atomic E-state index is 0.632. The Hall–Kier alpha value is -1.02. The standard InChI is InChI=1S/C16H26N2/c1-3-7-15-10-11-18(13-15)14(2)12-17-16-8-5-4-6-9-16/h4-6,8-9,14-15,17H,3,7,10-13H2,1-2H3. The first kappa shape index (κ1) is 13.4. The largest absolute Gasteiger partial charge is 0.383 e. The van der Waals surface area contributed by atoms with E-state index in [9.17, 15) is 0 Å². The molecule has 2 atom stereocenters. The van der Waals surface area contributed by atoms with Crippen LogP contribution in [0.25, 0.3) is 0 Å². The van der Waals surface area contributed by atoms with Crippen molar-refractivity contribution in [3.05, 3.63) is 30.3 Å². The molecule has 0 saturated carbocycles. The number of hydrogen-bond donors (Lipinski definition) is 1. The fourth-order valence-electron chi connectivity index (χ4n) is 2.86. The Bertz CT molecular complexity index is 336. The van der Waals surface area contributed by atoms with Gasteiger partial charge in [0.15, 0.2) is 0 Å². The lowest BCUT2D eigenvalue weighted by atomic mass is 10.0. The first-order valence-electron chi connectivity index (χ1n) is 7.32. The molecule has 1 fully saturated rings. The van der Waals surface area contributed by atoms with Crippen LogP contribution < -0.4 is 5.32 Å². The first-order chi connectivity index (χ1) is 8.79. The summed E-state index contributed by atoms with van der Waals surface area (Å²) in [6.45, 7) is 8.25. The van der Waals surface area contributed by atoms with Crippen molar-refractivity contribution in [3.63, 3.8) is 0 Å². The third kappa shape index (κ3) is 3.74. The molecule has 0 aliphatic carbocycles. The molecule has 0 spiro atoms. The van der Waals surface area contributed by atoms with Crippen molar-refractivity contribution in [2.24, 2.45) is 5.92 Å². The molecule has 1 aliphatic heterocycles. The smallest absolute Gasteiger partial charge is 0.0340 e. The van der Waals surface area contributed by atoms with Gasteiger partial charge in [0, 0.05) is 24.8 Å². The van der Waals surface area contributed by atoms with Crippen LogP contribution in [0.2, 0.25) is 0 Å². The van der Waals surface area contributed by atoms with E-state index in [1.54, 1.807) is 0 Å². The van der Waals surface area contributed by atoms with Crippen LogP contribution in [0.15, 0.2) is 30.3 Å². The molecule has 2 unspecified atom stereocenters. The van der Waals surface area contributed by atoms with Gasteiger partial charge in [0.05, 0.1) is 0 Å². The zero-order chi connectivity index (χ0) is 12.8. The lowest BCUT2D eigenvalue weighted by Crippen LogP contribution is -2.36. The van der Waals surface area contributed by atoms with Gasteiger partial charge in [-0.2, -0.15) is 0 Å². The molecule has 18 heavy (non-hydrogen) atoms. The van der Waals surface area contributed by atoms with E-state index in [0.29, 0.717) is 6.04 Å². The molecule has 0 amide bonds. The number of likely N-dealkylation sites (tertiary alicyclic amines) is 1. The van der Waals surface area contributed by atoms with E-state index < -0.39 is 0 Å². The van der Waals surface area contributed by atoms with Crippen LogP contribution in [0.1, 0.15) is 33.1 Å². The number of nitrogens with zero attached hydrogens (tertiary/aromatic N) is 1. The summed E-state index contributed by atoms with van der Waals surface area (Å²) in [5, 5.41) is 3.53. The van der Waals surface area contributed by atoms with Crippen LogP contribution in [0.4, 0.5) is 5.69 Å². The molecule has 0 radical (unpaired) electrons. The van der Waals surface area contributed by atoms with Gasteiger partial charge in [-0.15, -0.1) is 0 Å². The fourth-order valence-corrected chi connectivity index (χ4v) is 2.86. The summed E-state index contributed by atoms with van der Waals surface area (Å²) >= 11 is 0. The molecule has 2 nitrogen and oxygen atoms in total. The monoisotopic (exact) mass is 246 g/mol. The third-order valence-electron chi connectivity index (χ3n) is 4.01. The fraction of sp³-hybridized carbons (Fsp3) is 0.625. The number of anilines is 1. The first-order valence-corrected chi connectivity index (χ1v) is 7.32. The van der Waals surface area contributed by atoms with E-state index >= 15 is 0 Å². The molecule has 1 aromatic carbocycles. The highest BCUT2D eigenvalue weighted by Crippen LogP contribution is 2.22. The van der Waals surface area contributed by atoms with Crippen LogP contribution in [0, 0.1) is 5.92 Å². The molecule has 2 heteroatoms. The molecule has 1 aromatic rings. The predicted octanol–water partition coefficient (Wildman–Crippen LogP) is 3.61. The zero-order valence-corrected chi connectivity index (χ0v) is 11.7. The molecule has 100 valence electrons. The van der Waals surface area contributed by atoms with Crippen molar-refractivity contribution in [1.82, 2.24) is 4.90 Å². The van der Waals surface area contributed by atoms with Crippen molar-refractivity contribution in [3.8, 4) is 0 Å². The van der Waals surface area contributed by atoms with Gasteiger partial charge in [0.1, 0.15) is 0 Å². The lowest BCUT2D eigenvalue weighted by Gasteiger charge is -2.25. The zero-order valence-electron chi connectivity index (χ0n) is 11.7. The maximum atomic E-state index is 3.53. The Morgan fingerprint density at radius 3 is 2.83 bits per heavy atom. The number of hydrogen-bond acceptors (Lipinski definition) is 2. The number of rotatable bonds is 6. The van der Waals surface area contributed by atoms with Gasteiger partial charge in [-0.25, -0.2) is 0 Å². The topological polar surface area (TPSA) is 15.3 Å². The quantitative estimate of drug-likeness (QED) is 0.825. The van der Waals surface area contributed by atoms with E-state index in [0.717, 1.165) is 12.5 Å². The summed E-state index contributed by atoms with van der Waals surface area (Å²) in [6.07, 6.45) is 4.12. The SMILES string of the molecule is CCCC1CCN(C(C)CNc2ccccc2)C1. The second-order valence-electron chi connectivity index (χ2n) is 5.53. The second kappa shape index (κ2) is 6.79. The predicted molar refractivity (Wildman–Crippen MR) is 79.0 cm³/mol. The van der Waals surface area contributed by atoms with Crippen molar-refractivity contribution >= 4 is 5.69 Å². The van der Waals surface area contributed by atoms with Crippen LogP contribution in [0.5, 0.6) is 0 Å². The molecule has 1 saturated heterocycles. The van der Waals surface area contributed by atoms with E-state index in [-0.39, 0.29) is 0 Å². The summed E-state index contributed by atoms with van der Waals surface area (Å²) in [7, 11) is 0. The van der Waals surface area contributed by atoms with Crippen molar-refractivity contribution in [2.45, 2.75) is 39.2 Å². The highest BCUT2D eigenvalue weighted by atomic mass is 15.2. The Morgan fingerprint density at radius 1 is 1.33 bits per heavy atom. The van der Waals surface area contributed by atoms with E-state index in [2.05, 4.69) is 54.4 Å². The van der Waals surface area contributed by atoms with Gasteiger partial charge in [-0.05, 0) is 44.4 Å². The molecule has 1 heterocycles. The Labute approximate surface area is 111 Å². The molecule has 0 bridgehead atoms. The number of nitrogens with one attached hydrogen (secondary N) is 1. The van der Waals surface area contributed by atoms with Gasteiger partial charge in [0.2, 0.25) is 0 Å².